The quantitative estimate of drug-likeness (QED) is 0.333. The van der Waals surface area contributed by atoms with Crippen LogP contribution in [0.3, 0.4) is 0 Å². The minimum atomic E-state index is -1.04. The molecule has 31 heavy (non-hydrogen) atoms. The first-order chi connectivity index (χ1) is 14.9. The van der Waals surface area contributed by atoms with Gasteiger partial charge in [-0.25, -0.2) is 14.4 Å². The van der Waals surface area contributed by atoms with Gasteiger partial charge in [0.15, 0.2) is 24.3 Å². The maximum atomic E-state index is 12.5. The highest BCUT2D eigenvalue weighted by atomic mass is 16.8. The lowest BCUT2D eigenvalue weighted by molar-refractivity contribution is -0.155. The molecule has 1 unspecified atom stereocenters. The van der Waals surface area contributed by atoms with Gasteiger partial charge >= 0.3 is 23.9 Å². The van der Waals surface area contributed by atoms with Crippen molar-refractivity contribution in [1.29, 1.82) is 0 Å². The summed E-state index contributed by atoms with van der Waals surface area (Å²) in [5.74, 6) is -0.627. The van der Waals surface area contributed by atoms with E-state index in [2.05, 4.69) is 20.6 Å². The second-order valence-electron chi connectivity index (χ2n) is 6.87. The van der Waals surface area contributed by atoms with Gasteiger partial charge in [0.1, 0.15) is 12.7 Å². The van der Waals surface area contributed by atoms with Gasteiger partial charge in [0.05, 0.1) is 5.92 Å². The van der Waals surface area contributed by atoms with E-state index < -0.39 is 42.5 Å². The van der Waals surface area contributed by atoms with Crippen molar-refractivity contribution < 1.29 is 38.2 Å². The first-order valence-corrected chi connectivity index (χ1v) is 9.81. The number of carbonyl (C=O) groups is 3. The van der Waals surface area contributed by atoms with Gasteiger partial charge in [-0.05, 0) is 12.8 Å². The van der Waals surface area contributed by atoms with E-state index >= 15 is 0 Å². The summed E-state index contributed by atoms with van der Waals surface area (Å²) in [5, 5.41) is 2.22. The summed E-state index contributed by atoms with van der Waals surface area (Å²) in [7, 11) is 1.37. The second-order valence-corrected chi connectivity index (χ2v) is 6.87. The summed E-state index contributed by atoms with van der Waals surface area (Å²) in [4.78, 5) is 55.7. The Morgan fingerprint density at radius 2 is 1.94 bits per heavy atom. The average molecular weight is 440 g/mol. The van der Waals surface area contributed by atoms with E-state index in [9.17, 15) is 19.2 Å². The second kappa shape index (κ2) is 9.64. The third-order valence-corrected chi connectivity index (χ3v) is 5.02. The molecule has 2 saturated heterocycles. The third-order valence-electron chi connectivity index (χ3n) is 5.02. The molecule has 170 valence electrons. The molecule has 4 atom stereocenters. The third kappa shape index (κ3) is 4.87. The van der Waals surface area contributed by atoms with Crippen molar-refractivity contribution in [2.75, 3.05) is 19.1 Å². The van der Waals surface area contributed by atoms with Crippen LogP contribution in [0.4, 0.5) is 15.4 Å². The lowest BCUT2D eigenvalue weighted by Gasteiger charge is -2.19. The minimum absolute atomic E-state index is 0.0188. The summed E-state index contributed by atoms with van der Waals surface area (Å²) < 4.78 is 22.6. The fourth-order valence-electron chi connectivity index (χ4n) is 3.30. The Bertz CT molecular complexity index is 885. The van der Waals surface area contributed by atoms with Crippen LogP contribution in [0, 0.1) is 5.92 Å². The number of nitrogens with one attached hydrogen (secondary N) is 2. The molecule has 2 fully saturated rings. The monoisotopic (exact) mass is 440 g/mol. The van der Waals surface area contributed by atoms with Gasteiger partial charge in [-0.15, -0.1) is 0 Å². The lowest BCUT2D eigenvalue weighted by Crippen LogP contribution is -2.35. The number of hydrogen-bond acceptors (Lipinski definition) is 11. The number of fused-ring (bicyclic) bond motifs is 1. The Kier molecular flexibility index (Phi) is 6.95. The Balaban J connectivity index is 1.71. The van der Waals surface area contributed by atoms with Gasteiger partial charge in [-0.3, -0.25) is 9.36 Å². The first-order valence-electron chi connectivity index (χ1n) is 9.81. The normalized spacial score (nSPS) is 24.2. The summed E-state index contributed by atoms with van der Waals surface area (Å²) in [6.45, 7) is 3.61. The minimum Gasteiger partial charge on any atom is -0.463 e. The molecule has 0 aromatic carbocycles. The fourth-order valence-corrected chi connectivity index (χ4v) is 3.30. The highest BCUT2D eigenvalue weighted by Crippen LogP contribution is 2.37. The summed E-state index contributed by atoms with van der Waals surface area (Å²) in [5.41, 5.74) is 1.47. The maximum Gasteiger partial charge on any atom is 0.509 e. The van der Waals surface area contributed by atoms with E-state index in [1.807, 2.05) is 13.8 Å². The lowest BCUT2D eigenvalue weighted by atomic mass is 10.0. The van der Waals surface area contributed by atoms with E-state index in [1.54, 1.807) is 0 Å². The summed E-state index contributed by atoms with van der Waals surface area (Å²) in [6, 6.07) is 1.36. The molecule has 13 heteroatoms. The maximum absolute atomic E-state index is 12.5. The Morgan fingerprint density at radius 3 is 2.58 bits per heavy atom. The molecular weight excluding hydrogens is 416 g/mol. The number of carbonyl (C=O) groups excluding carboxylic acids is 3. The van der Waals surface area contributed by atoms with Crippen LogP contribution in [0.15, 0.2) is 17.1 Å². The molecule has 0 saturated carbocycles. The van der Waals surface area contributed by atoms with Crippen molar-refractivity contribution in [2.24, 2.45) is 5.92 Å². The molecule has 3 heterocycles. The van der Waals surface area contributed by atoms with Crippen LogP contribution < -0.4 is 16.5 Å². The zero-order valence-electron chi connectivity index (χ0n) is 17.2. The van der Waals surface area contributed by atoms with Crippen molar-refractivity contribution in [3.63, 3.8) is 0 Å². The molecule has 1 aromatic heterocycles. The fraction of sp³-hybridized carbons (Fsp3) is 0.611. The highest BCUT2D eigenvalue weighted by Gasteiger charge is 2.55. The van der Waals surface area contributed by atoms with E-state index in [1.165, 1.54) is 19.3 Å². The highest BCUT2D eigenvalue weighted by molar-refractivity contribution is 5.72. The Morgan fingerprint density at radius 1 is 1.23 bits per heavy atom. The molecule has 1 aromatic rings. The van der Waals surface area contributed by atoms with Crippen LogP contribution in [0.5, 0.6) is 0 Å². The molecule has 2 N–H and O–H groups in total. The topological polar surface area (TPSA) is 156 Å². The van der Waals surface area contributed by atoms with Crippen LogP contribution in [0.25, 0.3) is 0 Å². The number of rotatable bonds is 8. The molecule has 1 amide bonds. The van der Waals surface area contributed by atoms with Crippen LogP contribution in [0.2, 0.25) is 0 Å². The predicted molar refractivity (Wildman–Crippen MR) is 102 cm³/mol. The molecule has 0 aliphatic carbocycles. The number of aromatic nitrogens is 2. The number of hydrogen-bond donors (Lipinski definition) is 2. The molecular formula is C18H24N4O9. The van der Waals surface area contributed by atoms with Gasteiger partial charge in [-0.1, -0.05) is 13.8 Å². The number of esters is 1. The van der Waals surface area contributed by atoms with E-state index in [0.717, 1.165) is 4.57 Å². The van der Waals surface area contributed by atoms with Crippen molar-refractivity contribution >= 4 is 24.0 Å². The van der Waals surface area contributed by atoms with E-state index in [4.69, 9.17) is 18.9 Å². The van der Waals surface area contributed by atoms with Crippen LogP contribution in [-0.4, -0.2) is 59.7 Å². The molecule has 2 aliphatic rings. The van der Waals surface area contributed by atoms with Crippen molar-refractivity contribution in [1.82, 2.24) is 14.9 Å². The van der Waals surface area contributed by atoms with E-state index in [0.29, 0.717) is 12.8 Å². The first kappa shape index (κ1) is 22.3. The zero-order valence-corrected chi connectivity index (χ0v) is 17.2. The largest absolute Gasteiger partial charge is 0.509 e. The molecule has 2 aliphatic heterocycles. The number of ether oxygens (including phenoxy) is 4. The standard InChI is InChI=1S/C18H24N4O9/c1-4-9(5-2)15(23)27-8-10-12-13(30-18(26)29-12)14(28-10)22-7-6-11(20-16(22)24)21-31-17(25)19-3/h6-7,9-10,12-14H,4-5,8H2,1-3H3,(H,19,25)(H,20,21,24)/t10?,12-,13-,14-/m1/s1. The van der Waals surface area contributed by atoms with Gasteiger partial charge < -0.3 is 29.1 Å². The average Bonchev–Trinajstić information content (AvgIpc) is 3.29. The summed E-state index contributed by atoms with van der Waals surface area (Å²) >= 11 is 0. The summed E-state index contributed by atoms with van der Waals surface area (Å²) in [6.07, 6.45) is -2.71. The van der Waals surface area contributed by atoms with Crippen molar-refractivity contribution in [3.8, 4) is 0 Å². The molecule has 0 bridgehead atoms. The molecule has 13 nitrogen and oxygen atoms in total. The zero-order chi connectivity index (χ0) is 22.5. The molecule has 3 rings (SSSR count). The van der Waals surface area contributed by atoms with Crippen LogP contribution in [-0.2, 0) is 28.6 Å². The number of anilines is 1. The molecule has 0 radical (unpaired) electrons. The van der Waals surface area contributed by atoms with Gasteiger partial charge in [-0.2, -0.15) is 10.5 Å². The van der Waals surface area contributed by atoms with Crippen LogP contribution >= 0.6 is 0 Å². The number of nitrogens with zero attached hydrogens (tertiary/aromatic N) is 2. The van der Waals surface area contributed by atoms with Gasteiger partial charge in [0, 0.05) is 19.3 Å². The molecule has 0 spiro atoms. The Hall–Kier alpha value is -3.35. The van der Waals surface area contributed by atoms with Gasteiger partial charge in [0.25, 0.3) is 0 Å². The van der Waals surface area contributed by atoms with Gasteiger partial charge in [0.2, 0.25) is 0 Å². The van der Waals surface area contributed by atoms with Crippen LogP contribution in [0.1, 0.15) is 32.9 Å². The van der Waals surface area contributed by atoms with Crippen molar-refractivity contribution in [3.05, 3.63) is 22.7 Å². The van der Waals surface area contributed by atoms with E-state index in [-0.39, 0.29) is 24.3 Å². The smallest absolute Gasteiger partial charge is 0.463 e. The van der Waals surface area contributed by atoms with Crippen molar-refractivity contribution in [2.45, 2.75) is 51.2 Å². The number of amides is 1. The predicted octanol–water partition coefficient (Wildman–Crippen LogP) is 0.707. The Labute approximate surface area is 176 Å². The SMILES string of the molecule is CCC(CC)C(=O)OCC1O[C@@H](n2ccc(NOC(=O)NC)nc2=O)[C@@H]2OC(=O)O[C@H]12.